The molecule has 0 spiro atoms. The number of carbonyl (C=O) groups is 1. The van der Waals surface area contributed by atoms with Crippen LogP contribution < -0.4 is 5.73 Å². The molecule has 20 heavy (non-hydrogen) atoms. The van der Waals surface area contributed by atoms with Crippen molar-refractivity contribution < 1.29 is 4.79 Å². The number of amides is 1. The first kappa shape index (κ1) is 12.2. The van der Waals surface area contributed by atoms with Crippen LogP contribution in [-0.2, 0) is 11.3 Å². The van der Waals surface area contributed by atoms with Crippen LogP contribution in [0, 0.1) is 17.8 Å². The Kier molecular flexibility index (Phi) is 2.76. The van der Waals surface area contributed by atoms with E-state index in [9.17, 15) is 4.79 Å². The van der Waals surface area contributed by atoms with Gasteiger partial charge in [0.1, 0.15) is 0 Å². The second-order valence-corrected chi connectivity index (χ2v) is 6.86. The first-order valence-corrected chi connectivity index (χ1v) is 7.85. The van der Waals surface area contributed by atoms with E-state index >= 15 is 0 Å². The van der Waals surface area contributed by atoms with E-state index in [0.29, 0.717) is 17.9 Å². The van der Waals surface area contributed by atoms with Crippen LogP contribution in [0.3, 0.4) is 0 Å². The molecule has 3 aliphatic carbocycles. The number of benzene rings is 1. The van der Waals surface area contributed by atoms with Crippen molar-refractivity contribution in [1.82, 2.24) is 4.90 Å². The first-order valence-electron chi connectivity index (χ1n) is 7.85. The van der Waals surface area contributed by atoms with Crippen LogP contribution in [0.5, 0.6) is 0 Å². The third kappa shape index (κ3) is 2.30. The van der Waals surface area contributed by atoms with E-state index in [2.05, 4.69) is 4.90 Å². The van der Waals surface area contributed by atoms with Crippen LogP contribution in [0.4, 0.5) is 5.69 Å². The highest BCUT2D eigenvalue weighted by atomic mass is 16.2. The molecule has 1 amide bonds. The summed E-state index contributed by atoms with van der Waals surface area (Å²) in [5.74, 6) is 2.48. The third-order valence-electron chi connectivity index (χ3n) is 5.20. The minimum atomic E-state index is 0.313. The smallest absolute Gasteiger partial charge is 0.226 e. The molecule has 0 radical (unpaired) electrons. The molecule has 1 aromatic carbocycles. The number of carbonyl (C=O) groups excluding carboxylic acids is 1. The zero-order valence-corrected chi connectivity index (χ0v) is 11.8. The summed E-state index contributed by atoms with van der Waals surface area (Å²) < 4.78 is 0. The van der Waals surface area contributed by atoms with E-state index in [1.807, 2.05) is 24.3 Å². The van der Waals surface area contributed by atoms with Gasteiger partial charge >= 0.3 is 0 Å². The molecule has 3 fully saturated rings. The summed E-state index contributed by atoms with van der Waals surface area (Å²) in [5.41, 5.74) is 7.71. The summed E-state index contributed by atoms with van der Waals surface area (Å²) in [4.78, 5) is 14.9. The van der Waals surface area contributed by atoms with Gasteiger partial charge in [-0.15, -0.1) is 0 Å². The summed E-state index contributed by atoms with van der Waals surface area (Å²) in [5, 5.41) is 0. The van der Waals surface area contributed by atoms with Crippen LogP contribution in [0.1, 0.15) is 37.7 Å². The van der Waals surface area contributed by atoms with Crippen molar-refractivity contribution in [2.45, 2.75) is 44.7 Å². The molecular weight excluding hydrogens is 248 g/mol. The van der Waals surface area contributed by atoms with Gasteiger partial charge in [0.25, 0.3) is 0 Å². The van der Waals surface area contributed by atoms with Gasteiger partial charge in [-0.2, -0.15) is 0 Å². The van der Waals surface area contributed by atoms with Gasteiger partial charge in [0.15, 0.2) is 0 Å². The number of hydrogen-bond donors (Lipinski definition) is 1. The predicted octanol–water partition coefficient (Wildman–Crippen LogP) is 2.81. The molecule has 3 saturated carbocycles. The SMILES string of the molecule is Nc1ccc(CN(C(=O)C2CC3CC3C2)C2CC2)cc1. The molecule has 1 aromatic rings. The predicted molar refractivity (Wildman–Crippen MR) is 78.7 cm³/mol. The fourth-order valence-corrected chi connectivity index (χ4v) is 3.74. The topological polar surface area (TPSA) is 46.3 Å². The maximum absolute atomic E-state index is 12.8. The van der Waals surface area contributed by atoms with Gasteiger partial charge in [-0.3, -0.25) is 4.79 Å². The lowest BCUT2D eigenvalue weighted by Gasteiger charge is -2.26. The molecule has 0 heterocycles. The van der Waals surface area contributed by atoms with E-state index in [1.54, 1.807) is 0 Å². The largest absolute Gasteiger partial charge is 0.399 e. The van der Waals surface area contributed by atoms with Crippen LogP contribution in [0.2, 0.25) is 0 Å². The average molecular weight is 270 g/mol. The molecule has 3 heteroatoms. The van der Waals surface area contributed by atoms with Gasteiger partial charge in [-0.1, -0.05) is 12.1 Å². The molecule has 0 saturated heterocycles. The highest BCUT2D eigenvalue weighted by molar-refractivity contribution is 5.80. The molecule has 4 rings (SSSR count). The lowest BCUT2D eigenvalue weighted by molar-refractivity contribution is -0.137. The van der Waals surface area contributed by atoms with E-state index < -0.39 is 0 Å². The summed E-state index contributed by atoms with van der Waals surface area (Å²) >= 11 is 0. The summed E-state index contributed by atoms with van der Waals surface area (Å²) in [6.45, 7) is 0.760. The second-order valence-electron chi connectivity index (χ2n) is 6.86. The lowest BCUT2D eigenvalue weighted by Crippen LogP contribution is -2.37. The number of nitrogens with two attached hydrogens (primary N) is 1. The summed E-state index contributed by atoms with van der Waals surface area (Å²) in [7, 11) is 0. The normalized spacial score (nSPS) is 30.9. The van der Waals surface area contributed by atoms with Gasteiger partial charge in [0.05, 0.1) is 0 Å². The fourth-order valence-electron chi connectivity index (χ4n) is 3.74. The van der Waals surface area contributed by atoms with Crippen molar-refractivity contribution in [3.05, 3.63) is 29.8 Å². The number of anilines is 1. The Balaban J connectivity index is 1.46. The third-order valence-corrected chi connectivity index (χ3v) is 5.20. The maximum atomic E-state index is 12.8. The number of nitrogens with zero attached hydrogens (tertiary/aromatic N) is 1. The second kappa shape index (κ2) is 4.51. The Labute approximate surface area is 120 Å². The quantitative estimate of drug-likeness (QED) is 0.855. The van der Waals surface area contributed by atoms with E-state index in [0.717, 1.165) is 36.9 Å². The molecule has 2 unspecified atom stereocenters. The van der Waals surface area contributed by atoms with Crippen molar-refractivity contribution in [2.75, 3.05) is 5.73 Å². The highest BCUT2D eigenvalue weighted by Crippen LogP contribution is 2.55. The molecule has 2 atom stereocenters. The van der Waals surface area contributed by atoms with Gasteiger partial charge in [0, 0.05) is 24.2 Å². The number of hydrogen-bond acceptors (Lipinski definition) is 2. The molecule has 0 aliphatic heterocycles. The Morgan fingerprint density at radius 3 is 2.35 bits per heavy atom. The van der Waals surface area contributed by atoms with Crippen molar-refractivity contribution >= 4 is 11.6 Å². The Morgan fingerprint density at radius 1 is 1.10 bits per heavy atom. The Bertz CT molecular complexity index is 510. The zero-order chi connectivity index (χ0) is 13.7. The lowest BCUT2D eigenvalue weighted by atomic mass is 10.0. The summed E-state index contributed by atoms with van der Waals surface area (Å²) in [6, 6.07) is 8.44. The summed E-state index contributed by atoms with van der Waals surface area (Å²) in [6.07, 6.45) is 6.04. The Hall–Kier alpha value is -1.51. The molecular formula is C17H22N2O. The standard InChI is InChI=1S/C17H22N2O/c18-15-3-1-11(2-4-15)10-19(16-5-6-16)17(20)14-8-12-7-13(12)9-14/h1-4,12-14,16H,5-10,18H2. The van der Waals surface area contributed by atoms with Crippen LogP contribution in [0.15, 0.2) is 24.3 Å². The number of nitrogen functional groups attached to an aromatic ring is 1. The number of fused-ring (bicyclic) bond motifs is 1. The van der Waals surface area contributed by atoms with Crippen LogP contribution in [0.25, 0.3) is 0 Å². The fraction of sp³-hybridized carbons (Fsp3) is 0.588. The molecule has 0 bridgehead atoms. The van der Waals surface area contributed by atoms with E-state index in [4.69, 9.17) is 5.73 Å². The highest BCUT2D eigenvalue weighted by Gasteiger charge is 2.49. The number of rotatable bonds is 4. The monoisotopic (exact) mass is 270 g/mol. The van der Waals surface area contributed by atoms with Crippen molar-refractivity contribution in [3.63, 3.8) is 0 Å². The maximum Gasteiger partial charge on any atom is 0.226 e. The molecule has 106 valence electrons. The minimum Gasteiger partial charge on any atom is -0.399 e. The first-order chi connectivity index (χ1) is 9.70. The van der Waals surface area contributed by atoms with Crippen molar-refractivity contribution in [2.24, 2.45) is 17.8 Å². The molecule has 3 nitrogen and oxygen atoms in total. The van der Waals surface area contributed by atoms with Crippen molar-refractivity contribution in [3.8, 4) is 0 Å². The molecule has 3 aliphatic rings. The molecule has 2 N–H and O–H groups in total. The zero-order valence-electron chi connectivity index (χ0n) is 11.8. The Morgan fingerprint density at radius 2 is 1.75 bits per heavy atom. The van der Waals surface area contributed by atoms with Gasteiger partial charge in [0.2, 0.25) is 5.91 Å². The average Bonchev–Trinajstić information content (AvgIpc) is 3.37. The van der Waals surface area contributed by atoms with E-state index in [1.165, 1.54) is 24.8 Å². The van der Waals surface area contributed by atoms with Crippen LogP contribution in [-0.4, -0.2) is 16.8 Å². The van der Waals surface area contributed by atoms with Crippen LogP contribution >= 0.6 is 0 Å². The van der Waals surface area contributed by atoms with Gasteiger partial charge in [-0.25, -0.2) is 0 Å². The van der Waals surface area contributed by atoms with Crippen molar-refractivity contribution in [1.29, 1.82) is 0 Å². The molecule has 0 aromatic heterocycles. The van der Waals surface area contributed by atoms with Gasteiger partial charge < -0.3 is 10.6 Å². The minimum absolute atomic E-state index is 0.313. The van der Waals surface area contributed by atoms with E-state index in [-0.39, 0.29) is 0 Å². The van der Waals surface area contributed by atoms with Gasteiger partial charge in [-0.05, 0) is 61.6 Å².